The Morgan fingerprint density at radius 2 is 1.89 bits per heavy atom. The van der Waals surface area contributed by atoms with Crippen LogP contribution < -0.4 is 14.8 Å². The van der Waals surface area contributed by atoms with E-state index in [4.69, 9.17) is 25.8 Å². The summed E-state index contributed by atoms with van der Waals surface area (Å²) in [5.74, 6) is 0.774. The number of nitrogens with one attached hydrogen (secondary N) is 1. The van der Waals surface area contributed by atoms with Crippen molar-refractivity contribution in [3.8, 4) is 11.5 Å². The quantitative estimate of drug-likeness (QED) is 0.452. The van der Waals surface area contributed by atoms with Crippen LogP contribution in [0.5, 0.6) is 11.5 Å². The number of unbranched alkanes of at least 4 members (excludes halogenated alkanes) is 1. The number of rotatable bonds is 13. The minimum Gasteiger partial charge on any atom is -0.493 e. The van der Waals surface area contributed by atoms with E-state index in [-0.39, 0.29) is 12.4 Å². The third-order valence-corrected chi connectivity index (χ3v) is 4.63. The van der Waals surface area contributed by atoms with E-state index < -0.39 is 0 Å². The summed E-state index contributed by atoms with van der Waals surface area (Å²) < 4.78 is 30.6. The van der Waals surface area contributed by atoms with Crippen LogP contribution in [-0.2, 0) is 17.9 Å². The van der Waals surface area contributed by atoms with Crippen LogP contribution in [-0.4, -0.2) is 26.9 Å². The summed E-state index contributed by atoms with van der Waals surface area (Å²) in [7, 11) is 1.59. The van der Waals surface area contributed by atoms with Gasteiger partial charge in [-0.05, 0) is 49.2 Å². The van der Waals surface area contributed by atoms with Crippen LogP contribution in [0.25, 0.3) is 0 Å². The summed E-state index contributed by atoms with van der Waals surface area (Å²) in [5.41, 5.74) is 1.41. The standard InChI is InChI=1S/C22H29ClFNO3/c1-3-4-12-27-13-6-11-25-15-17-9-10-21(22(14-17)26-2)28-16-18-19(23)7-5-8-20(18)24/h5,7-10,14,25H,3-4,6,11-13,15-16H2,1-2H3. The van der Waals surface area contributed by atoms with Crippen molar-refractivity contribution in [3.63, 3.8) is 0 Å². The predicted octanol–water partition coefficient (Wildman–Crippen LogP) is 5.36. The molecule has 0 amide bonds. The van der Waals surface area contributed by atoms with Gasteiger partial charge in [-0.1, -0.05) is 37.1 Å². The fourth-order valence-electron chi connectivity index (χ4n) is 2.64. The number of ether oxygens (including phenoxy) is 3. The molecule has 154 valence electrons. The number of methoxy groups -OCH3 is 1. The Labute approximate surface area is 171 Å². The van der Waals surface area contributed by atoms with Gasteiger partial charge in [-0.2, -0.15) is 0 Å². The van der Waals surface area contributed by atoms with E-state index in [1.165, 1.54) is 6.07 Å². The molecule has 0 aliphatic rings. The zero-order valence-electron chi connectivity index (χ0n) is 16.6. The van der Waals surface area contributed by atoms with Gasteiger partial charge in [0.25, 0.3) is 0 Å². The second kappa shape index (κ2) is 12.6. The first-order valence-corrected chi connectivity index (χ1v) is 10.0. The van der Waals surface area contributed by atoms with Crippen molar-refractivity contribution in [2.45, 2.75) is 39.3 Å². The number of benzene rings is 2. The fourth-order valence-corrected chi connectivity index (χ4v) is 2.86. The van der Waals surface area contributed by atoms with Crippen molar-refractivity contribution in [3.05, 3.63) is 58.4 Å². The number of hydrogen-bond donors (Lipinski definition) is 1. The molecule has 0 bridgehead atoms. The summed E-state index contributed by atoms with van der Waals surface area (Å²) in [6.45, 7) is 5.43. The molecule has 0 aromatic heterocycles. The first kappa shape index (κ1) is 22.5. The van der Waals surface area contributed by atoms with Crippen molar-refractivity contribution in [2.24, 2.45) is 0 Å². The summed E-state index contributed by atoms with van der Waals surface area (Å²) in [6.07, 6.45) is 3.25. The summed E-state index contributed by atoms with van der Waals surface area (Å²) in [4.78, 5) is 0. The highest BCUT2D eigenvalue weighted by Gasteiger charge is 2.11. The third kappa shape index (κ3) is 7.30. The van der Waals surface area contributed by atoms with E-state index in [2.05, 4.69) is 12.2 Å². The molecule has 0 atom stereocenters. The van der Waals surface area contributed by atoms with Gasteiger partial charge < -0.3 is 19.5 Å². The molecule has 0 saturated heterocycles. The highest BCUT2D eigenvalue weighted by Crippen LogP contribution is 2.30. The largest absolute Gasteiger partial charge is 0.493 e. The Bertz CT molecular complexity index is 707. The second-order valence-corrected chi connectivity index (χ2v) is 6.88. The molecule has 0 spiro atoms. The van der Waals surface area contributed by atoms with Gasteiger partial charge in [0.05, 0.1) is 12.1 Å². The lowest BCUT2D eigenvalue weighted by Gasteiger charge is -2.14. The molecule has 2 rings (SSSR count). The molecule has 6 heteroatoms. The summed E-state index contributed by atoms with van der Waals surface area (Å²) >= 11 is 6.04. The van der Waals surface area contributed by atoms with Gasteiger partial charge in [-0.3, -0.25) is 0 Å². The van der Waals surface area contributed by atoms with Gasteiger partial charge in [-0.25, -0.2) is 4.39 Å². The summed E-state index contributed by atoms with van der Waals surface area (Å²) in [5, 5.41) is 3.74. The molecule has 0 fully saturated rings. The lowest BCUT2D eigenvalue weighted by atomic mass is 10.2. The van der Waals surface area contributed by atoms with Gasteiger partial charge in [-0.15, -0.1) is 0 Å². The van der Waals surface area contributed by atoms with Crippen LogP contribution >= 0.6 is 11.6 Å². The smallest absolute Gasteiger partial charge is 0.161 e. The van der Waals surface area contributed by atoms with Crippen LogP contribution in [0.2, 0.25) is 5.02 Å². The highest BCUT2D eigenvalue weighted by atomic mass is 35.5. The van der Waals surface area contributed by atoms with Crippen LogP contribution in [0.3, 0.4) is 0 Å². The molecule has 1 N–H and O–H groups in total. The van der Waals surface area contributed by atoms with E-state index >= 15 is 0 Å². The predicted molar refractivity (Wildman–Crippen MR) is 111 cm³/mol. The SMILES string of the molecule is CCCCOCCCNCc1ccc(OCc2c(F)cccc2Cl)c(OC)c1. The van der Waals surface area contributed by atoms with Crippen LogP contribution in [0, 0.1) is 5.82 Å². The van der Waals surface area contributed by atoms with Gasteiger partial charge in [0, 0.05) is 25.3 Å². The Balaban J connectivity index is 1.81. The average Bonchev–Trinajstić information content (AvgIpc) is 2.70. The van der Waals surface area contributed by atoms with E-state index in [0.717, 1.165) is 51.1 Å². The molecule has 28 heavy (non-hydrogen) atoms. The zero-order valence-corrected chi connectivity index (χ0v) is 17.4. The lowest BCUT2D eigenvalue weighted by Crippen LogP contribution is -2.16. The van der Waals surface area contributed by atoms with Gasteiger partial charge in [0.2, 0.25) is 0 Å². The maximum Gasteiger partial charge on any atom is 0.161 e. The minimum atomic E-state index is -0.383. The summed E-state index contributed by atoms with van der Waals surface area (Å²) in [6, 6.07) is 10.3. The van der Waals surface area contributed by atoms with Gasteiger partial charge in [0.1, 0.15) is 12.4 Å². The Morgan fingerprint density at radius 1 is 1.07 bits per heavy atom. The van der Waals surface area contributed by atoms with Crippen molar-refractivity contribution in [2.75, 3.05) is 26.9 Å². The third-order valence-electron chi connectivity index (χ3n) is 4.28. The number of hydrogen-bond acceptors (Lipinski definition) is 4. The Kier molecular flexibility index (Phi) is 10.1. The van der Waals surface area contributed by atoms with Crippen molar-refractivity contribution in [1.82, 2.24) is 5.32 Å². The van der Waals surface area contributed by atoms with E-state index in [9.17, 15) is 4.39 Å². The molecule has 2 aromatic rings. The van der Waals surface area contributed by atoms with Crippen molar-refractivity contribution in [1.29, 1.82) is 0 Å². The molecule has 0 saturated carbocycles. The molecular formula is C22H29ClFNO3. The van der Waals surface area contributed by atoms with E-state index in [0.29, 0.717) is 22.1 Å². The number of halogens is 2. The highest BCUT2D eigenvalue weighted by molar-refractivity contribution is 6.31. The second-order valence-electron chi connectivity index (χ2n) is 6.47. The molecule has 4 nitrogen and oxygen atoms in total. The molecule has 0 radical (unpaired) electrons. The average molecular weight is 410 g/mol. The molecule has 0 heterocycles. The van der Waals surface area contributed by atoms with Crippen molar-refractivity contribution >= 4 is 11.6 Å². The molecule has 0 unspecified atom stereocenters. The van der Waals surface area contributed by atoms with Crippen LogP contribution in [0.4, 0.5) is 4.39 Å². The molecular weight excluding hydrogens is 381 g/mol. The lowest BCUT2D eigenvalue weighted by molar-refractivity contribution is 0.129. The molecule has 0 aliphatic heterocycles. The Hall–Kier alpha value is -1.82. The first-order chi connectivity index (χ1) is 13.7. The normalized spacial score (nSPS) is 10.9. The van der Waals surface area contributed by atoms with Gasteiger partial charge in [0.15, 0.2) is 11.5 Å². The first-order valence-electron chi connectivity index (χ1n) is 9.66. The minimum absolute atomic E-state index is 0.0392. The monoisotopic (exact) mass is 409 g/mol. The molecule has 2 aromatic carbocycles. The fraction of sp³-hybridized carbons (Fsp3) is 0.455. The van der Waals surface area contributed by atoms with Gasteiger partial charge >= 0.3 is 0 Å². The van der Waals surface area contributed by atoms with E-state index in [1.54, 1.807) is 19.2 Å². The topological polar surface area (TPSA) is 39.7 Å². The van der Waals surface area contributed by atoms with Crippen molar-refractivity contribution < 1.29 is 18.6 Å². The van der Waals surface area contributed by atoms with Crippen LogP contribution in [0.15, 0.2) is 36.4 Å². The van der Waals surface area contributed by atoms with E-state index in [1.807, 2.05) is 18.2 Å². The van der Waals surface area contributed by atoms with Crippen LogP contribution in [0.1, 0.15) is 37.3 Å². The molecule has 0 aliphatic carbocycles. The maximum absolute atomic E-state index is 13.9. The Morgan fingerprint density at radius 3 is 2.64 bits per heavy atom. The maximum atomic E-state index is 13.9. The zero-order chi connectivity index (χ0) is 20.2.